The van der Waals surface area contributed by atoms with E-state index >= 15 is 0 Å². The average Bonchev–Trinajstić information content (AvgIpc) is 2.85. The molecule has 20 heavy (non-hydrogen) atoms. The molecule has 1 unspecified atom stereocenters. The Morgan fingerprint density at radius 3 is 3.00 bits per heavy atom. The molecular weight excluding hydrogens is 274 g/mol. The summed E-state index contributed by atoms with van der Waals surface area (Å²) in [5, 5.41) is 6.58. The van der Waals surface area contributed by atoms with Gasteiger partial charge < -0.3 is 15.4 Å². The Morgan fingerprint density at radius 1 is 1.50 bits per heavy atom. The zero-order valence-corrected chi connectivity index (χ0v) is 12.7. The van der Waals surface area contributed by atoms with Crippen LogP contribution >= 0.6 is 11.3 Å². The van der Waals surface area contributed by atoms with E-state index < -0.39 is 0 Å². The molecule has 1 atom stereocenters. The Bertz CT molecular complexity index is 597. The number of carbonyl (C=O) groups excluding carboxylic acids is 1. The predicted octanol–water partition coefficient (Wildman–Crippen LogP) is 2.63. The SMILES string of the molecule is CCC(C)NCC(=O)Nc1nc2ccc(OC)cc2s1. The van der Waals surface area contributed by atoms with Crippen LogP contribution in [0.2, 0.25) is 0 Å². The number of hydrogen-bond acceptors (Lipinski definition) is 5. The molecule has 0 saturated heterocycles. The van der Waals surface area contributed by atoms with Crippen LogP contribution in [0.25, 0.3) is 10.2 Å². The van der Waals surface area contributed by atoms with Gasteiger partial charge in [0.15, 0.2) is 5.13 Å². The number of fused-ring (bicyclic) bond motifs is 1. The van der Waals surface area contributed by atoms with E-state index in [0.29, 0.717) is 17.7 Å². The number of ether oxygens (including phenoxy) is 1. The fraction of sp³-hybridized carbons (Fsp3) is 0.429. The van der Waals surface area contributed by atoms with Crippen molar-refractivity contribution in [3.8, 4) is 5.75 Å². The highest BCUT2D eigenvalue weighted by molar-refractivity contribution is 7.22. The fourth-order valence-corrected chi connectivity index (χ4v) is 2.57. The summed E-state index contributed by atoms with van der Waals surface area (Å²) in [7, 11) is 1.63. The summed E-state index contributed by atoms with van der Waals surface area (Å²) < 4.78 is 6.17. The lowest BCUT2D eigenvalue weighted by Crippen LogP contribution is -2.33. The number of amides is 1. The molecule has 2 aromatic rings. The van der Waals surface area contributed by atoms with Crippen LogP contribution in [0.4, 0.5) is 5.13 Å². The molecule has 1 aromatic heterocycles. The number of nitrogens with zero attached hydrogens (tertiary/aromatic N) is 1. The lowest BCUT2D eigenvalue weighted by molar-refractivity contribution is -0.115. The number of rotatable bonds is 6. The lowest BCUT2D eigenvalue weighted by atomic mass is 10.2. The van der Waals surface area contributed by atoms with Crippen LogP contribution in [0.1, 0.15) is 20.3 Å². The summed E-state index contributed by atoms with van der Waals surface area (Å²) in [6.07, 6.45) is 0.994. The van der Waals surface area contributed by atoms with Crippen LogP contribution in [0.5, 0.6) is 5.75 Å². The molecule has 0 aliphatic heterocycles. The molecule has 1 amide bonds. The largest absolute Gasteiger partial charge is 0.497 e. The molecule has 0 bridgehead atoms. The van der Waals surface area contributed by atoms with Crippen LogP contribution in [0, 0.1) is 0 Å². The van der Waals surface area contributed by atoms with Crippen molar-refractivity contribution in [2.45, 2.75) is 26.3 Å². The van der Waals surface area contributed by atoms with Gasteiger partial charge in [0.2, 0.25) is 5.91 Å². The predicted molar refractivity (Wildman–Crippen MR) is 82.6 cm³/mol. The van der Waals surface area contributed by atoms with Crippen molar-refractivity contribution < 1.29 is 9.53 Å². The van der Waals surface area contributed by atoms with E-state index in [4.69, 9.17) is 4.74 Å². The number of benzene rings is 1. The van der Waals surface area contributed by atoms with E-state index in [1.807, 2.05) is 18.2 Å². The zero-order valence-electron chi connectivity index (χ0n) is 11.9. The first-order chi connectivity index (χ1) is 9.62. The maximum Gasteiger partial charge on any atom is 0.240 e. The van der Waals surface area contributed by atoms with E-state index in [9.17, 15) is 4.79 Å². The second-order valence-electron chi connectivity index (χ2n) is 4.59. The van der Waals surface area contributed by atoms with Crippen LogP contribution in [-0.2, 0) is 4.79 Å². The quantitative estimate of drug-likeness (QED) is 0.859. The molecular formula is C14H19N3O2S. The van der Waals surface area contributed by atoms with E-state index in [-0.39, 0.29) is 5.91 Å². The third kappa shape index (κ3) is 3.68. The molecule has 0 spiro atoms. The number of hydrogen-bond donors (Lipinski definition) is 2. The van der Waals surface area contributed by atoms with Crippen LogP contribution in [0.15, 0.2) is 18.2 Å². The minimum absolute atomic E-state index is 0.0729. The van der Waals surface area contributed by atoms with E-state index in [1.165, 1.54) is 11.3 Å². The summed E-state index contributed by atoms with van der Waals surface area (Å²) in [5.74, 6) is 0.716. The van der Waals surface area contributed by atoms with Gasteiger partial charge in [0.05, 0.1) is 23.9 Å². The van der Waals surface area contributed by atoms with Crippen molar-refractivity contribution >= 4 is 32.6 Å². The Hall–Kier alpha value is -1.66. The van der Waals surface area contributed by atoms with Gasteiger partial charge in [-0.05, 0) is 31.5 Å². The second-order valence-corrected chi connectivity index (χ2v) is 5.62. The Kier molecular flexibility index (Phi) is 4.92. The molecule has 0 saturated carbocycles. The number of aromatic nitrogens is 1. The van der Waals surface area contributed by atoms with Gasteiger partial charge in [0, 0.05) is 6.04 Å². The number of thiazole rings is 1. The van der Waals surface area contributed by atoms with Crippen molar-refractivity contribution in [2.75, 3.05) is 19.0 Å². The van der Waals surface area contributed by atoms with Gasteiger partial charge in [0.25, 0.3) is 0 Å². The second kappa shape index (κ2) is 6.67. The molecule has 1 aromatic carbocycles. The molecule has 0 fully saturated rings. The van der Waals surface area contributed by atoms with E-state index in [0.717, 1.165) is 22.4 Å². The molecule has 0 radical (unpaired) electrons. The highest BCUT2D eigenvalue weighted by atomic mass is 32.1. The molecule has 6 heteroatoms. The van der Waals surface area contributed by atoms with Crippen molar-refractivity contribution in [3.05, 3.63) is 18.2 Å². The number of carbonyl (C=O) groups is 1. The third-order valence-corrected chi connectivity index (χ3v) is 4.00. The molecule has 0 aliphatic rings. The standard InChI is InChI=1S/C14H19N3O2S/c1-4-9(2)15-8-13(18)17-14-16-11-6-5-10(19-3)7-12(11)20-14/h5-7,9,15H,4,8H2,1-3H3,(H,16,17,18). The molecule has 1 heterocycles. The first kappa shape index (κ1) is 14.7. The van der Waals surface area contributed by atoms with E-state index in [2.05, 4.69) is 29.5 Å². The Morgan fingerprint density at radius 2 is 2.30 bits per heavy atom. The molecule has 2 N–H and O–H groups in total. The normalized spacial score (nSPS) is 12.3. The number of anilines is 1. The zero-order chi connectivity index (χ0) is 14.5. The maximum atomic E-state index is 11.8. The molecule has 0 aliphatic carbocycles. The van der Waals surface area contributed by atoms with Crippen LogP contribution in [0.3, 0.4) is 0 Å². The first-order valence-corrected chi connectivity index (χ1v) is 7.41. The minimum atomic E-state index is -0.0729. The summed E-state index contributed by atoms with van der Waals surface area (Å²) >= 11 is 1.44. The van der Waals surface area contributed by atoms with Gasteiger partial charge in [-0.1, -0.05) is 18.3 Å². The monoisotopic (exact) mass is 293 g/mol. The first-order valence-electron chi connectivity index (χ1n) is 6.60. The fourth-order valence-electron chi connectivity index (χ4n) is 1.66. The molecule has 108 valence electrons. The number of nitrogens with one attached hydrogen (secondary N) is 2. The van der Waals surface area contributed by atoms with Gasteiger partial charge in [-0.15, -0.1) is 0 Å². The van der Waals surface area contributed by atoms with Crippen molar-refractivity contribution in [2.24, 2.45) is 0 Å². The van der Waals surface area contributed by atoms with Gasteiger partial charge in [-0.25, -0.2) is 4.98 Å². The summed E-state index contributed by atoms with van der Waals surface area (Å²) in [6.45, 7) is 4.43. The highest BCUT2D eigenvalue weighted by Crippen LogP contribution is 2.28. The molecule has 2 rings (SSSR count). The van der Waals surface area contributed by atoms with E-state index in [1.54, 1.807) is 7.11 Å². The highest BCUT2D eigenvalue weighted by Gasteiger charge is 2.09. The van der Waals surface area contributed by atoms with Crippen molar-refractivity contribution in [3.63, 3.8) is 0 Å². The number of methoxy groups -OCH3 is 1. The Balaban J connectivity index is 2.00. The average molecular weight is 293 g/mol. The van der Waals surface area contributed by atoms with Crippen molar-refractivity contribution in [1.82, 2.24) is 10.3 Å². The summed E-state index contributed by atoms with van der Waals surface area (Å²) in [4.78, 5) is 16.2. The topological polar surface area (TPSA) is 63.2 Å². The maximum absolute atomic E-state index is 11.8. The molecule has 5 nitrogen and oxygen atoms in total. The summed E-state index contributed by atoms with van der Waals surface area (Å²) in [6, 6.07) is 6.00. The van der Waals surface area contributed by atoms with Crippen LogP contribution < -0.4 is 15.4 Å². The minimum Gasteiger partial charge on any atom is -0.497 e. The van der Waals surface area contributed by atoms with Crippen LogP contribution in [-0.4, -0.2) is 30.6 Å². The smallest absolute Gasteiger partial charge is 0.240 e. The summed E-state index contributed by atoms with van der Waals surface area (Å²) in [5.41, 5.74) is 0.862. The third-order valence-electron chi connectivity index (χ3n) is 3.07. The van der Waals surface area contributed by atoms with Gasteiger partial charge >= 0.3 is 0 Å². The van der Waals surface area contributed by atoms with Crippen molar-refractivity contribution in [1.29, 1.82) is 0 Å². The van der Waals surface area contributed by atoms with Gasteiger partial charge in [0.1, 0.15) is 5.75 Å². The van der Waals surface area contributed by atoms with Gasteiger partial charge in [-0.2, -0.15) is 0 Å². The Labute approximate surface area is 122 Å². The van der Waals surface area contributed by atoms with Gasteiger partial charge in [-0.3, -0.25) is 4.79 Å². The lowest BCUT2D eigenvalue weighted by Gasteiger charge is -2.09.